The van der Waals surface area contributed by atoms with E-state index in [-0.39, 0.29) is 0 Å². The van der Waals surface area contributed by atoms with Crippen LogP contribution in [0.4, 0.5) is 10.6 Å². The van der Waals surface area contributed by atoms with Crippen LogP contribution in [-0.4, -0.2) is 45.5 Å². The quantitative estimate of drug-likeness (QED) is 0.187. The second kappa shape index (κ2) is 11.1. The van der Waals surface area contributed by atoms with Crippen molar-refractivity contribution in [1.82, 2.24) is 30.3 Å². The second-order valence-electron chi connectivity index (χ2n) is 9.09. The van der Waals surface area contributed by atoms with E-state index in [0.717, 1.165) is 38.7 Å². The second-order valence-corrected chi connectivity index (χ2v) is 9.09. The lowest BCUT2D eigenvalue weighted by Gasteiger charge is -2.11. The van der Waals surface area contributed by atoms with Crippen LogP contribution < -0.4 is 16.4 Å². The maximum atomic E-state index is 12.0. The van der Waals surface area contributed by atoms with Gasteiger partial charge in [-0.1, -0.05) is 59.8 Å². The number of carbonyl (C=O) groups excluding carboxylic acids is 1. The maximum absolute atomic E-state index is 12.0. The number of hydrogen-bond donors (Lipinski definition) is 3. The molecule has 5 aromatic rings. The number of nitrogen functional groups attached to an aromatic ring is 1. The van der Waals surface area contributed by atoms with E-state index in [1.54, 1.807) is 12.5 Å². The minimum Gasteiger partial charge on any atom is -0.448 e. The highest BCUT2D eigenvalue weighted by Crippen LogP contribution is 2.33. The van der Waals surface area contributed by atoms with Gasteiger partial charge in [0.1, 0.15) is 24.2 Å². The zero-order chi connectivity index (χ0) is 26.5. The number of nitrogens with two attached hydrogens (primary N) is 1. The number of fused-ring (bicyclic) bond motifs is 3. The Balaban J connectivity index is 1.32. The number of hydrogen-bond acceptors (Lipinski definition) is 8. The summed E-state index contributed by atoms with van der Waals surface area (Å²) in [7, 11) is 0. The summed E-state index contributed by atoms with van der Waals surface area (Å²) in [6.45, 7) is 8.23. The number of imidazole rings is 1. The van der Waals surface area contributed by atoms with Gasteiger partial charge in [0.25, 0.3) is 0 Å². The largest absolute Gasteiger partial charge is 0.448 e. The first-order valence-electron chi connectivity index (χ1n) is 12.3. The van der Waals surface area contributed by atoms with Crippen LogP contribution in [0.2, 0.25) is 0 Å². The molecule has 4 N–H and O–H groups in total. The van der Waals surface area contributed by atoms with E-state index in [4.69, 9.17) is 20.0 Å². The van der Waals surface area contributed by atoms with Gasteiger partial charge in [0.15, 0.2) is 5.82 Å². The molecule has 10 heteroatoms. The van der Waals surface area contributed by atoms with Gasteiger partial charge in [0.2, 0.25) is 0 Å². The number of nitrogens with zero attached hydrogens (tertiary/aromatic N) is 4. The SMILES string of the molecule is C=C(C)CNCCOC(=O)NCc1ccc(Cn2c(-c3cnoc3)nc3c(N)nc4ccccc4c32)cc1. The fourth-order valence-electron chi connectivity index (χ4n) is 4.24. The molecule has 0 aliphatic carbocycles. The van der Waals surface area contributed by atoms with E-state index in [2.05, 4.69) is 31.9 Å². The number of ether oxygens (including phenoxy) is 1. The van der Waals surface area contributed by atoms with Crippen molar-refractivity contribution in [3.05, 3.63) is 84.3 Å². The van der Waals surface area contributed by atoms with Gasteiger partial charge in [-0.05, 0) is 24.1 Å². The van der Waals surface area contributed by atoms with E-state index in [1.165, 1.54) is 0 Å². The van der Waals surface area contributed by atoms with Crippen LogP contribution in [0.25, 0.3) is 33.3 Å². The number of benzene rings is 2. The highest BCUT2D eigenvalue weighted by Gasteiger charge is 2.19. The molecule has 2 aromatic carbocycles. The van der Waals surface area contributed by atoms with Crippen molar-refractivity contribution in [3.8, 4) is 11.4 Å². The Morgan fingerprint density at radius 2 is 1.92 bits per heavy atom. The molecule has 3 heterocycles. The molecular formula is C28H29N7O3. The normalized spacial score (nSPS) is 11.2. The molecule has 0 saturated heterocycles. The van der Waals surface area contributed by atoms with E-state index < -0.39 is 6.09 Å². The zero-order valence-corrected chi connectivity index (χ0v) is 21.1. The number of nitrogens with one attached hydrogen (secondary N) is 2. The van der Waals surface area contributed by atoms with Crippen LogP contribution >= 0.6 is 0 Å². The molecule has 194 valence electrons. The number of aromatic nitrogens is 4. The third kappa shape index (κ3) is 5.50. The van der Waals surface area contributed by atoms with E-state index in [0.29, 0.717) is 49.9 Å². The zero-order valence-electron chi connectivity index (χ0n) is 21.1. The first-order valence-corrected chi connectivity index (χ1v) is 12.3. The van der Waals surface area contributed by atoms with Crippen LogP contribution in [0.3, 0.4) is 0 Å². The Morgan fingerprint density at radius 3 is 2.68 bits per heavy atom. The van der Waals surface area contributed by atoms with E-state index in [1.807, 2.05) is 55.5 Å². The summed E-state index contributed by atoms with van der Waals surface area (Å²) in [5.41, 5.74) is 12.4. The first-order chi connectivity index (χ1) is 18.5. The fourth-order valence-corrected chi connectivity index (χ4v) is 4.24. The number of pyridine rings is 1. The summed E-state index contributed by atoms with van der Waals surface area (Å²) in [5, 5.41) is 10.7. The predicted octanol–water partition coefficient (Wildman–Crippen LogP) is 4.26. The number of amides is 1. The van der Waals surface area contributed by atoms with Crippen molar-refractivity contribution in [2.45, 2.75) is 20.0 Å². The lowest BCUT2D eigenvalue weighted by atomic mass is 10.1. The van der Waals surface area contributed by atoms with Crippen LogP contribution in [-0.2, 0) is 17.8 Å². The number of carbonyl (C=O) groups is 1. The summed E-state index contributed by atoms with van der Waals surface area (Å²) < 4.78 is 12.4. The van der Waals surface area contributed by atoms with Gasteiger partial charge in [-0.2, -0.15) is 0 Å². The molecule has 0 aliphatic heterocycles. The van der Waals surface area contributed by atoms with E-state index in [9.17, 15) is 4.79 Å². The molecular weight excluding hydrogens is 482 g/mol. The number of alkyl carbamates (subject to hydrolysis) is 1. The Labute approximate surface area is 219 Å². The van der Waals surface area contributed by atoms with Gasteiger partial charge in [-0.3, -0.25) is 0 Å². The summed E-state index contributed by atoms with van der Waals surface area (Å²) >= 11 is 0. The molecule has 0 radical (unpaired) electrons. The molecule has 3 aromatic heterocycles. The molecule has 38 heavy (non-hydrogen) atoms. The van der Waals surface area contributed by atoms with Gasteiger partial charge in [0.05, 0.1) is 22.8 Å². The Hall–Kier alpha value is -4.70. The van der Waals surface area contributed by atoms with E-state index >= 15 is 0 Å². The van der Waals surface area contributed by atoms with Gasteiger partial charge >= 0.3 is 6.09 Å². The van der Waals surface area contributed by atoms with Crippen LogP contribution in [0, 0.1) is 0 Å². The summed E-state index contributed by atoms with van der Waals surface area (Å²) in [6, 6.07) is 15.9. The van der Waals surface area contributed by atoms with Crippen molar-refractivity contribution in [2.24, 2.45) is 0 Å². The molecule has 0 atom stereocenters. The molecule has 0 aliphatic rings. The van der Waals surface area contributed by atoms with Crippen molar-refractivity contribution >= 4 is 33.8 Å². The topological polar surface area (TPSA) is 133 Å². The Kier molecular flexibility index (Phi) is 7.32. The van der Waals surface area contributed by atoms with Gasteiger partial charge < -0.3 is 30.2 Å². The summed E-state index contributed by atoms with van der Waals surface area (Å²) in [5.74, 6) is 1.06. The van der Waals surface area contributed by atoms with Crippen LogP contribution in [0.1, 0.15) is 18.1 Å². The highest BCUT2D eigenvalue weighted by molar-refractivity contribution is 6.07. The average molecular weight is 512 g/mol. The molecule has 1 amide bonds. The number of rotatable bonds is 10. The lowest BCUT2D eigenvalue weighted by molar-refractivity contribution is 0.146. The van der Waals surface area contributed by atoms with Crippen molar-refractivity contribution in [3.63, 3.8) is 0 Å². The van der Waals surface area contributed by atoms with Gasteiger partial charge in [-0.15, -0.1) is 0 Å². The molecule has 0 bridgehead atoms. The molecule has 0 saturated carbocycles. The van der Waals surface area contributed by atoms with Crippen molar-refractivity contribution in [1.29, 1.82) is 0 Å². The monoisotopic (exact) mass is 511 g/mol. The van der Waals surface area contributed by atoms with Gasteiger partial charge in [0, 0.05) is 31.6 Å². The maximum Gasteiger partial charge on any atom is 0.407 e. The minimum absolute atomic E-state index is 0.292. The molecule has 10 nitrogen and oxygen atoms in total. The van der Waals surface area contributed by atoms with Crippen molar-refractivity contribution in [2.75, 3.05) is 25.4 Å². The molecule has 0 fully saturated rings. The predicted molar refractivity (Wildman–Crippen MR) is 146 cm³/mol. The highest BCUT2D eigenvalue weighted by atomic mass is 16.5. The number of anilines is 1. The van der Waals surface area contributed by atoms with Crippen molar-refractivity contribution < 1.29 is 14.1 Å². The summed E-state index contributed by atoms with van der Waals surface area (Å²) in [4.78, 5) is 21.3. The summed E-state index contributed by atoms with van der Waals surface area (Å²) in [6.07, 6.45) is 2.74. The van der Waals surface area contributed by atoms with Crippen LogP contribution in [0.15, 0.2) is 77.7 Å². The van der Waals surface area contributed by atoms with Gasteiger partial charge in [-0.25, -0.2) is 14.8 Å². The molecule has 0 spiro atoms. The Bertz CT molecular complexity index is 1570. The lowest BCUT2D eigenvalue weighted by Crippen LogP contribution is -2.28. The smallest absolute Gasteiger partial charge is 0.407 e. The third-order valence-corrected chi connectivity index (χ3v) is 6.04. The van der Waals surface area contributed by atoms with Crippen LogP contribution in [0.5, 0.6) is 0 Å². The third-order valence-electron chi connectivity index (χ3n) is 6.04. The average Bonchev–Trinajstić information content (AvgIpc) is 3.57. The first kappa shape index (κ1) is 25.0. The fraction of sp³-hybridized carbons (Fsp3) is 0.214. The molecule has 0 unspecified atom stereocenters. The minimum atomic E-state index is -0.451. The Morgan fingerprint density at radius 1 is 1.13 bits per heavy atom. The standard InChI is InChI=1S/C28H29N7O3/c1-18(2)13-30-11-12-37-28(36)31-14-19-7-9-20(10-8-19)16-35-25-22-5-3-4-6-23(22)33-26(29)24(25)34-27(35)21-15-32-38-17-21/h3-10,15,17,30H,1,11-14,16H2,2H3,(H2,29,33)(H,31,36). The number of para-hydroxylation sites is 1. The molecule has 5 rings (SSSR count).